The third-order valence-electron chi connectivity index (χ3n) is 3.47. The minimum atomic E-state index is -0.0239. The molecule has 1 aliphatic rings. The fourth-order valence-electron chi connectivity index (χ4n) is 2.40. The summed E-state index contributed by atoms with van der Waals surface area (Å²) >= 11 is 7.51. The smallest absolute Gasteiger partial charge is 0.196 e. The Bertz CT molecular complexity index is 614. The molecular formula is C14H16ClN3OS. The second kappa shape index (κ2) is 6.16. The summed E-state index contributed by atoms with van der Waals surface area (Å²) in [5.41, 5.74) is 0.827. The van der Waals surface area contributed by atoms with Gasteiger partial charge in [0.2, 0.25) is 0 Å². The van der Waals surface area contributed by atoms with Crippen LogP contribution in [0.1, 0.15) is 30.7 Å². The Morgan fingerprint density at radius 3 is 3.00 bits per heavy atom. The SMILES string of the molecule is OCc1cc(Cl)ccc1Sc1nnc2n1CCCCC2. The maximum absolute atomic E-state index is 9.44. The molecule has 0 bridgehead atoms. The molecule has 0 saturated carbocycles. The number of rotatable bonds is 3. The van der Waals surface area contributed by atoms with Crippen molar-refractivity contribution in [2.45, 2.75) is 48.9 Å². The molecule has 4 nitrogen and oxygen atoms in total. The minimum absolute atomic E-state index is 0.0239. The second-order valence-corrected chi connectivity index (χ2v) is 6.32. The molecule has 0 aliphatic carbocycles. The summed E-state index contributed by atoms with van der Waals surface area (Å²) in [6.07, 6.45) is 4.61. The molecular weight excluding hydrogens is 294 g/mol. The van der Waals surface area contributed by atoms with Crippen LogP contribution in [0.2, 0.25) is 5.02 Å². The first kappa shape index (κ1) is 13.9. The molecule has 1 aromatic carbocycles. The van der Waals surface area contributed by atoms with Crippen molar-refractivity contribution in [1.82, 2.24) is 14.8 Å². The topological polar surface area (TPSA) is 50.9 Å². The van der Waals surface area contributed by atoms with E-state index in [-0.39, 0.29) is 6.61 Å². The van der Waals surface area contributed by atoms with Crippen LogP contribution in [0, 0.1) is 0 Å². The van der Waals surface area contributed by atoms with Gasteiger partial charge in [0.05, 0.1) is 6.61 Å². The highest BCUT2D eigenvalue weighted by atomic mass is 35.5. The van der Waals surface area contributed by atoms with Gasteiger partial charge in [0.1, 0.15) is 5.82 Å². The van der Waals surface area contributed by atoms with Crippen molar-refractivity contribution in [3.05, 3.63) is 34.6 Å². The molecule has 0 saturated heterocycles. The number of nitrogens with zero attached hydrogens (tertiary/aromatic N) is 3. The summed E-state index contributed by atoms with van der Waals surface area (Å²) in [5.74, 6) is 1.07. The van der Waals surface area contributed by atoms with Gasteiger partial charge >= 0.3 is 0 Å². The Kier molecular flexibility index (Phi) is 4.29. The maximum atomic E-state index is 9.44. The number of halogens is 1. The van der Waals surface area contributed by atoms with Gasteiger partial charge in [-0.25, -0.2) is 0 Å². The first-order chi connectivity index (χ1) is 9.78. The van der Waals surface area contributed by atoms with Gasteiger partial charge in [0, 0.05) is 22.9 Å². The molecule has 6 heteroatoms. The highest BCUT2D eigenvalue weighted by Gasteiger charge is 2.16. The average molecular weight is 310 g/mol. The van der Waals surface area contributed by atoms with Crippen molar-refractivity contribution in [3.63, 3.8) is 0 Å². The van der Waals surface area contributed by atoms with E-state index in [1.165, 1.54) is 19.3 Å². The predicted molar refractivity (Wildman–Crippen MR) is 79.1 cm³/mol. The van der Waals surface area contributed by atoms with Gasteiger partial charge < -0.3 is 9.67 Å². The van der Waals surface area contributed by atoms with E-state index in [0.717, 1.165) is 34.4 Å². The number of hydrogen-bond acceptors (Lipinski definition) is 4. The molecule has 2 heterocycles. The lowest BCUT2D eigenvalue weighted by Gasteiger charge is -2.09. The highest BCUT2D eigenvalue weighted by molar-refractivity contribution is 7.99. The molecule has 0 unspecified atom stereocenters. The molecule has 20 heavy (non-hydrogen) atoms. The third-order valence-corrected chi connectivity index (χ3v) is 4.81. The lowest BCUT2D eigenvalue weighted by atomic mass is 10.2. The van der Waals surface area contributed by atoms with Gasteiger partial charge in [-0.05, 0) is 48.4 Å². The van der Waals surface area contributed by atoms with Gasteiger partial charge in [0.15, 0.2) is 5.16 Å². The fourth-order valence-corrected chi connectivity index (χ4v) is 3.57. The van der Waals surface area contributed by atoms with Crippen molar-refractivity contribution in [3.8, 4) is 0 Å². The van der Waals surface area contributed by atoms with Gasteiger partial charge in [-0.1, -0.05) is 18.0 Å². The summed E-state index contributed by atoms with van der Waals surface area (Å²) in [7, 11) is 0. The maximum Gasteiger partial charge on any atom is 0.196 e. The zero-order chi connectivity index (χ0) is 13.9. The van der Waals surface area contributed by atoms with Crippen LogP contribution >= 0.6 is 23.4 Å². The van der Waals surface area contributed by atoms with Crippen LogP contribution in [0.4, 0.5) is 0 Å². The van der Waals surface area contributed by atoms with Crippen LogP contribution < -0.4 is 0 Å². The Morgan fingerprint density at radius 2 is 2.15 bits per heavy atom. The van der Waals surface area contributed by atoms with Crippen LogP contribution in [-0.2, 0) is 19.6 Å². The average Bonchev–Trinajstić information content (AvgIpc) is 2.69. The highest BCUT2D eigenvalue weighted by Crippen LogP contribution is 2.32. The monoisotopic (exact) mass is 309 g/mol. The molecule has 1 aromatic heterocycles. The quantitative estimate of drug-likeness (QED) is 0.945. The largest absolute Gasteiger partial charge is 0.392 e. The molecule has 106 valence electrons. The molecule has 0 spiro atoms. The van der Waals surface area contributed by atoms with E-state index in [1.807, 2.05) is 12.1 Å². The Hall–Kier alpha value is -1.04. The van der Waals surface area contributed by atoms with Crippen LogP contribution in [0.3, 0.4) is 0 Å². The van der Waals surface area contributed by atoms with Gasteiger partial charge in [-0.2, -0.15) is 0 Å². The first-order valence-electron chi connectivity index (χ1n) is 6.77. The number of aliphatic hydroxyl groups excluding tert-OH is 1. The molecule has 1 N–H and O–H groups in total. The summed E-state index contributed by atoms with van der Waals surface area (Å²) < 4.78 is 2.20. The molecule has 3 rings (SSSR count). The van der Waals surface area contributed by atoms with E-state index in [9.17, 15) is 5.11 Å². The Balaban J connectivity index is 1.90. The standard InChI is InChI=1S/C14H16ClN3OS/c15-11-5-6-12(10(8-11)9-19)20-14-17-16-13-4-2-1-3-7-18(13)14/h5-6,8,19H,1-4,7,9H2. The molecule has 0 fully saturated rings. The van der Waals surface area contributed by atoms with Crippen molar-refractivity contribution in [2.24, 2.45) is 0 Å². The van der Waals surface area contributed by atoms with Crippen molar-refractivity contribution < 1.29 is 5.11 Å². The van der Waals surface area contributed by atoms with Crippen molar-refractivity contribution >= 4 is 23.4 Å². The number of benzene rings is 1. The van der Waals surface area contributed by atoms with E-state index >= 15 is 0 Å². The molecule has 0 atom stereocenters. The zero-order valence-corrected chi connectivity index (χ0v) is 12.6. The first-order valence-corrected chi connectivity index (χ1v) is 7.96. The van der Waals surface area contributed by atoms with Gasteiger partial charge in [-0.3, -0.25) is 0 Å². The predicted octanol–water partition coefficient (Wildman–Crippen LogP) is 3.30. The van der Waals surface area contributed by atoms with Crippen LogP contribution in [0.5, 0.6) is 0 Å². The van der Waals surface area contributed by atoms with E-state index in [2.05, 4.69) is 14.8 Å². The number of aryl methyl sites for hydroxylation is 1. The summed E-state index contributed by atoms with van der Waals surface area (Å²) in [5, 5.41) is 19.6. The van der Waals surface area contributed by atoms with Crippen molar-refractivity contribution in [2.75, 3.05) is 0 Å². The van der Waals surface area contributed by atoms with E-state index < -0.39 is 0 Å². The number of aromatic nitrogens is 3. The normalized spacial score (nSPS) is 14.9. The number of fused-ring (bicyclic) bond motifs is 1. The third kappa shape index (κ3) is 2.85. The zero-order valence-electron chi connectivity index (χ0n) is 11.0. The molecule has 0 amide bonds. The Morgan fingerprint density at radius 1 is 1.25 bits per heavy atom. The van der Waals surface area contributed by atoms with Gasteiger partial charge in [-0.15, -0.1) is 10.2 Å². The number of aliphatic hydroxyl groups is 1. The van der Waals surface area contributed by atoms with Gasteiger partial charge in [0.25, 0.3) is 0 Å². The lowest BCUT2D eigenvalue weighted by molar-refractivity contribution is 0.279. The van der Waals surface area contributed by atoms with Crippen LogP contribution in [0.25, 0.3) is 0 Å². The molecule has 2 aromatic rings. The minimum Gasteiger partial charge on any atom is -0.392 e. The summed E-state index contributed by atoms with van der Waals surface area (Å²) in [6, 6.07) is 5.56. The molecule has 0 radical (unpaired) electrons. The van der Waals surface area contributed by atoms with Crippen LogP contribution in [-0.4, -0.2) is 19.9 Å². The summed E-state index contributed by atoms with van der Waals surface area (Å²) in [4.78, 5) is 0.983. The summed E-state index contributed by atoms with van der Waals surface area (Å²) in [6.45, 7) is 0.955. The van der Waals surface area contributed by atoms with Crippen molar-refractivity contribution in [1.29, 1.82) is 0 Å². The fraction of sp³-hybridized carbons (Fsp3) is 0.429. The van der Waals surface area contributed by atoms with E-state index in [1.54, 1.807) is 17.8 Å². The Labute approximate surface area is 127 Å². The van der Waals surface area contributed by atoms with E-state index in [4.69, 9.17) is 11.6 Å². The van der Waals surface area contributed by atoms with E-state index in [0.29, 0.717) is 5.02 Å². The number of hydrogen-bond donors (Lipinski definition) is 1. The molecule has 1 aliphatic heterocycles. The van der Waals surface area contributed by atoms with Crippen LogP contribution in [0.15, 0.2) is 28.3 Å². The lowest BCUT2D eigenvalue weighted by Crippen LogP contribution is -2.02. The second-order valence-electron chi connectivity index (χ2n) is 4.87.